The van der Waals surface area contributed by atoms with Gasteiger partial charge in [0, 0.05) is 11.1 Å². The van der Waals surface area contributed by atoms with Gasteiger partial charge in [-0.1, -0.05) is 70.2 Å². The van der Waals surface area contributed by atoms with Crippen molar-refractivity contribution in [3.05, 3.63) is 34.9 Å². The van der Waals surface area contributed by atoms with Crippen LogP contribution in [0.25, 0.3) is 0 Å². The van der Waals surface area contributed by atoms with Crippen LogP contribution >= 0.6 is 11.6 Å². The third kappa shape index (κ3) is 7.87. The molecule has 1 N–H and O–H groups in total. The van der Waals surface area contributed by atoms with Crippen LogP contribution in [-0.4, -0.2) is 12.6 Å². The van der Waals surface area contributed by atoms with Gasteiger partial charge < -0.3 is 5.32 Å². The topological polar surface area (TPSA) is 12.0 Å². The molecular weight excluding hydrogens is 278 g/mol. The van der Waals surface area contributed by atoms with Crippen molar-refractivity contribution in [1.82, 2.24) is 5.32 Å². The van der Waals surface area contributed by atoms with Crippen molar-refractivity contribution in [2.75, 3.05) is 6.54 Å². The lowest BCUT2D eigenvalue weighted by Crippen LogP contribution is -2.33. The summed E-state index contributed by atoms with van der Waals surface area (Å²) in [6.45, 7) is 7.97. The standard InChI is InChI=1S/C19H32ClN/c1-4-7-8-16(6-3)14-19(21-13-5-2)15-17-9-11-18(20)12-10-17/h9-12,16,19,21H,4-8,13-15H2,1-3H3. The molecule has 0 spiro atoms. The van der Waals surface area contributed by atoms with Crippen molar-refractivity contribution in [2.24, 2.45) is 5.92 Å². The van der Waals surface area contributed by atoms with Crippen molar-refractivity contribution in [3.63, 3.8) is 0 Å². The minimum Gasteiger partial charge on any atom is -0.314 e. The molecule has 0 saturated carbocycles. The van der Waals surface area contributed by atoms with Crippen molar-refractivity contribution < 1.29 is 0 Å². The van der Waals surface area contributed by atoms with Gasteiger partial charge in [0.05, 0.1) is 0 Å². The number of halogens is 1. The van der Waals surface area contributed by atoms with Gasteiger partial charge in [0.25, 0.3) is 0 Å². The number of nitrogens with one attached hydrogen (secondary N) is 1. The van der Waals surface area contributed by atoms with Crippen LogP contribution in [-0.2, 0) is 6.42 Å². The van der Waals surface area contributed by atoms with Crippen LogP contribution in [0.3, 0.4) is 0 Å². The molecule has 120 valence electrons. The first kappa shape index (κ1) is 18.5. The zero-order chi connectivity index (χ0) is 15.5. The van der Waals surface area contributed by atoms with Crippen LogP contribution in [0.5, 0.6) is 0 Å². The average molecular weight is 310 g/mol. The molecule has 1 nitrogen and oxygen atoms in total. The molecule has 0 aliphatic heterocycles. The van der Waals surface area contributed by atoms with Gasteiger partial charge in [-0.2, -0.15) is 0 Å². The highest BCUT2D eigenvalue weighted by molar-refractivity contribution is 6.30. The Bertz CT molecular complexity index is 360. The van der Waals surface area contributed by atoms with E-state index in [2.05, 4.69) is 38.2 Å². The maximum Gasteiger partial charge on any atom is 0.0406 e. The first-order chi connectivity index (χ1) is 10.2. The van der Waals surface area contributed by atoms with E-state index in [-0.39, 0.29) is 0 Å². The van der Waals surface area contributed by atoms with Crippen molar-refractivity contribution in [1.29, 1.82) is 0 Å². The van der Waals surface area contributed by atoms with Gasteiger partial charge in [0.1, 0.15) is 0 Å². The lowest BCUT2D eigenvalue weighted by Gasteiger charge is -2.24. The van der Waals surface area contributed by atoms with E-state index in [1.54, 1.807) is 0 Å². The van der Waals surface area contributed by atoms with E-state index in [4.69, 9.17) is 11.6 Å². The minimum absolute atomic E-state index is 0.591. The van der Waals surface area contributed by atoms with Crippen molar-refractivity contribution >= 4 is 11.6 Å². The molecule has 0 heterocycles. The minimum atomic E-state index is 0.591. The van der Waals surface area contributed by atoms with E-state index in [0.717, 1.165) is 23.9 Å². The van der Waals surface area contributed by atoms with E-state index in [1.165, 1.54) is 44.1 Å². The Morgan fingerprint density at radius 2 is 1.76 bits per heavy atom. The lowest BCUT2D eigenvalue weighted by atomic mass is 9.89. The SMILES string of the molecule is CCCCC(CC)CC(Cc1ccc(Cl)cc1)NCCC. The molecule has 21 heavy (non-hydrogen) atoms. The average Bonchev–Trinajstić information content (AvgIpc) is 2.50. The Hall–Kier alpha value is -0.530. The highest BCUT2D eigenvalue weighted by Gasteiger charge is 2.15. The van der Waals surface area contributed by atoms with Crippen LogP contribution in [0, 0.1) is 5.92 Å². The van der Waals surface area contributed by atoms with Crippen LogP contribution < -0.4 is 5.32 Å². The van der Waals surface area contributed by atoms with E-state index >= 15 is 0 Å². The van der Waals surface area contributed by atoms with Gasteiger partial charge in [0.15, 0.2) is 0 Å². The Balaban J connectivity index is 2.58. The zero-order valence-electron chi connectivity index (χ0n) is 14.0. The second-order valence-corrected chi connectivity index (χ2v) is 6.57. The summed E-state index contributed by atoms with van der Waals surface area (Å²) >= 11 is 5.98. The molecule has 2 unspecified atom stereocenters. The van der Waals surface area contributed by atoms with Crippen LogP contribution in [0.15, 0.2) is 24.3 Å². The van der Waals surface area contributed by atoms with Crippen LogP contribution in [0.1, 0.15) is 64.9 Å². The van der Waals surface area contributed by atoms with Gasteiger partial charge in [-0.15, -0.1) is 0 Å². The number of unbranched alkanes of at least 4 members (excludes halogenated alkanes) is 1. The Morgan fingerprint density at radius 1 is 1.05 bits per heavy atom. The van der Waals surface area contributed by atoms with Crippen LogP contribution in [0.2, 0.25) is 5.02 Å². The predicted molar refractivity (Wildman–Crippen MR) is 95.2 cm³/mol. The highest BCUT2D eigenvalue weighted by atomic mass is 35.5. The van der Waals surface area contributed by atoms with Crippen molar-refractivity contribution in [3.8, 4) is 0 Å². The number of hydrogen-bond acceptors (Lipinski definition) is 1. The van der Waals surface area contributed by atoms with Gasteiger partial charge in [-0.25, -0.2) is 0 Å². The smallest absolute Gasteiger partial charge is 0.0406 e. The number of benzene rings is 1. The summed E-state index contributed by atoms with van der Waals surface area (Å²) in [5, 5.41) is 4.57. The molecule has 0 amide bonds. The van der Waals surface area contributed by atoms with E-state index in [1.807, 2.05) is 12.1 Å². The van der Waals surface area contributed by atoms with Crippen LogP contribution in [0.4, 0.5) is 0 Å². The summed E-state index contributed by atoms with van der Waals surface area (Å²) in [4.78, 5) is 0. The molecule has 2 heteroatoms. The van der Waals surface area contributed by atoms with E-state index in [9.17, 15) is 0 Å². The second kappa shape index (κ2) is 11.1. The quantitative estimate of drug-likeness (QED) is 0.540. The Morgan fingerprint density at radius 3 is 2.33 bits per heavy atom. The Labute approximate surface area is 136 Å². The fraction of sp³-hybridized carbons (Fsp3) is 0.684. The molecule has 2 atom stereocenters. The van der Waals surface area contributed by atoms with Gasteiger partial charge in [-0.3, -0.25) is 0 Å². The van der Waals surface area contributed by atoms with Gasteiger partial charge in [-0.05, 0) is 49.4 Å². The third-order valence-electron chi connectivity index (χ3n) is 4.24. The number of hydrogen-bond donors (Lipinski definition) is 1. The fourth-order valence-electron chi connectivity index (χ4n) is 2.88. The zero-order valence-corrected chi connectivity index (χ0v) is 14.8. The summed E-state index contributed by atoms with van der Waals surface area (Å²) in [5.41, 5.74) is 1.39. The van der Waals surface area contributed by atoms with Crippen molar-refractivity contribution in [2.45, 2.75) is 71.8 Å². The molecule has 0 saturated heterocycles. The second-order valence-electron chi connectivity index (χ2n) is 6.13. The molecule has 0 bridgehead atoms. The molecule has 0 aliphatic rings. The molecule has 1 aromatic rings. The third-order valence-corrected chi connectivity index (χ3v) is 4.49. The maximum absolute atomic E-state index is 5.98. The molecular formula is C19H32ClN. The summed E-state index contributed by atoms with van der Waals surface area (Å²) in [6.07, 6.45) is 8.94. The molecule has 1 aromatic carbocycles. The van der Waals surface area contributed by atoms with E-state index < -0.39 is 0 Å². The maximum atomic E-state index is 5.98. The van der Waals surface area contributed by atoms with Gasteiger partial charge >= 0.3 is 0 Å². The Kier molecular flexibility index (Phi) is 9.78. The molecule has 0 aliphatic carbocycles. The largest absolute Gasteiger partial charge is 0.314 e. The fourth-order valence-corrected chi connectivity index (χ4v) is 3.00. The molecule has 0 radical (unpaired) electrons. The predicted octanol–water partition coefficient (Wildman–Crippen LogP) is 5.86. The summed E-state index contributed by atoms with van der Waals surface area (Å²) in [7, 11) is 0. The molecule has 0 fully saturated rings. The summed E-state index contributed by atoms with van der Waals surface area (Å²) in [5.74, 6) is 0.853. The monoisotopic (exact) mass is 309 g/mol. The molecule has 1 rings (SSSR count). The first-order valence-electron chi connectivity index (χ1n) is 8.67. The van der Waals surface area contributed by atoms with Gasteiger partial charge in [0.2, 0.25) is 0 Å². The lowest BCUT2D eigenvalue weighted by molar-refractivity contribution is 0.347. The first-order valence-corrected chi connectivity index (χ1v) is 9.05. The van der Waals surface area contributed by atoms with E-state index in [0.29, 0.717) is 6.04 Å². The highest BCUT2D eigenvalue weighted by Crippen LogP contribution is 2.21. The molecule has 0 aromatic heterocycles. The summed E-state index contributed by atoms with van der Waals surface area (Å²) in [6, 6.07) is 8.92. The normalized spacial score (nSPS) is 14.1. The summed E-state index contributed by atoms with van der Waals surface area (Å²) < 4.78 is 0. The number of rotatable bonds is 11.